The lowest BCUT2D eigenvalue weighted by Crippen LogP contribution is -2.15. The largest absolute Gasteiger partial charge is 0.334 e. The third-order valence-electron chi connectivity index (χ3n) is 1.28. The minimum absolute atomic E-state index is 0.322. The molecule has 0 aliphatic carbocycles. The van der Waals surface area contributed by atoms with E-state index in [0.29, 0.717) is 11.5 Å². The molecule has 1 aliphatic rings. The normalized spacial score (nSPS) is 34.8. The molecule has 1 heterocycles. The van der Waals surface area contributed by atoms with Crippen LogP contribution in [-0.4, -0.2) is 18.1 Å². The standard InChI is InChI=1S/C6H14O2P2/c1-5(2)10-7-4-3-6(9)8-10/h5-6H,3-4,9H2,1-2H3. The van der Waals surface area contributed by atoms with Crippen molar-refractivity contribution in [3.05, 3.63) is 0 Å². The molecule has 2 nitrogen and oxygen atoms in total. The minimum Gasteiger partial charge on any atom is -0.334 e. The fourth-order valence-electron chi connectivity index (χ4n) is 0.746. The van der Waals surface area contributed by atoms with Gasteiger partial charge in [-0.05, 0) is 0 Å². The molecular formula is C6H14O2P2. The average Bonchev–Trinajstić information content (AvgIpc) is 1.88. The van der Waals surface area contributed by atoms with Crippen molar-refractivity contribution in [3.8, 4) is 0 Å². The van der Waals surface area contributed by atoms with E-state index in [9.17, 15) is 0 Å². The van der Waals surface area contributed by atoms with Crippen molar-refractivity contribution in [1.82, 2.24) is 0 Å². The lowest BCUT2D eigenvalue weighted by molar-refractivity contribution is 0.158. The van der Waals surface area contributed by atoms with E-state index in [1.807, 2.05) is 0 Å². The molecule has 0 aromatic carbocycles. The summed E-state index contributed by atoms with van der Waals surface area (Å²) in [6, 6.07) is 0. The first-order chi connectivity index (χ1) is 4.70. The summed E-state index contributed by atoms with van der Waals surface area (Å²) in [6.07, 6.45) is 1.01. The van der Waals surface area contributed by atoms with Crippen LogP contribution in [0.4, 0.5) is 0 Å². The van der Waals surface area contributed by atoms with Gasteiger partial charge >= 0.3 is 0 Å². The summed E-state index contributed by atoms with van der Waals surface area (Å²) in [5.41, 5.74) is 0.526. The molecule has 10 heavy (non-hydrogen) atoms. The molecule has 1 aliphatic heterocycles. The van der Waals surface area contributed by atoms with Gasteiger partial charge in [0.1, 0.15) is 0 Å². The quantitative estimate of drug-likeness (QED) is 0.576. The Hall–Kier alpha value is 0.780. The Morgan fingerprint density at radius 2 is 2.30 bits per heavy atom. The lowest BCUT2D eigenvalue weighted by Gasteiger charge is -2.29. The average molecular weight is 180 g/mol. The molecular weight excluding hydrogens is 166 g/mol. The second-order valence-corrected chi connectivity index (χ2v) is 5.46. The summed E-state index contributed by atoms with van der Waals surface area (Å²) in [5, 5.41) is 0. The Balaban J connectivity index is 2.32. The second kappa shape index (κ2) is 3.97. The van der Waals surface area contributed by atoms with Crippen LogP contribution < -0.4 is 0 Å². The van der Waals surface area contributed by atoms with Crippen LogP contribution >= 0.6 is 17.6 Å². The summed E-state index contributed by atoms with van der Waals surface area (Å²) in [6.45, 7) is 5.13. The van der Waals surface area contributed by atoms with Crippen molar-refractivity contribution >= 4 is 17.6 Å². The highest BCUT2D eigenvalue weighted by molar-refractivity contribution is 7.48. The van der Waals surface area contributed by atoms with Gasteiger partial charge in [-0.3, -0.25) is 0 Å². The van der Waals surface area contributed by atoms with Crippen molar-refractivity contribution in [1.29, 1.82) is 0 Å². The van der Waals surface area contributed by atoms with Crippen molar-refractivity contribution in [2.24, 2.45) is 0 Å². The van der Waals surface area contributed by atoms with Crippen LogP contribution in [0.25, 0.3) is 0 Å². The van der Waals surface area contributed by atoms with Crippen LogP contribution in [0.2, 0.25) is 0 Å². The molecule has 0 bridgehead atoms. The van der Waals surface area contributed by atoms with E-state index in [1.54, 1.807) is 0 Å². The van der Waals surface area contributed by atoms with Gasteiger partial charge < -0.3 is 9.05 Å². The molecule has 3 unspecified atom stereocenters. The summed E-state index contributed by atoms with van der Waals surface area (Å²) in [4.78, 5) is 0. The van der Waals surface area contributed by atoms with Gasteiger partial charge in [0.05, 0.1) is 12.5 Å². The van der Waals surface area contributed by atoms with Gasteiger partial charge in [-0.2, -0.15) is 0 Å². The third kappa shape index (κ3) is 2.43. The fourth-order valence-corrected chi connectivity index (χ4v) is 2.50. The zero-order chi connectivity index (χ0) is 7.56. The lowest BCUT2D eigenvalue weighted by atomic mass is 10.5. The molecule has 3 atom stereocenters. The Morgan fingerprint density at radius 3 is 2.70 bits per heavy atom. The fraction of sp³-hybridized carbons (Fsp3) is 1.00. The van der Waals surface area contributed by atoms with Crippen molar-refractivity contribution < 1.29 is 9.05 Å². The number of hydrogen-bond donors (Lipinski definition) is 0. The highest BCUT2D eigenvalue weighted by Crippen LogP contribution is 2.48. The predicted molar refractivity (Wildman–Crippen MR) is 47.2 cm³/mol. The summed E-state index contributed by atoms with van der Waals surface area (Å²) in [5.74, 6) is 0.322. The molecule has 1 rings (SSSR count). The maximum atomic E-state index is 5.55. The topological polar surface area (TPSA) is 18.5 Å². The molecule has 1 fully saturated rings. The van der Waals surface area contributed by atoms with Crippen LogP contribution in [0, 0.1) is 0 Å². The van der Waals surface area contributed by atoms with E-state index in [2.05, 4.69) is 23.1 Å². The van der Waals surface area contributed by atoms with Gasteiger partial charge in [0.25, 0.3) is 0 Å². The number of rotatable bonds is 1. The van der Waals surface area contributed by atoms with E-state index >= 15 is 0 Å². The van der Waals surface area contributed by atoms with E-state index in [-0.39, 0.29) is 0 Å². The first-order valence-electron chi connectivity index (χ1n) is 3.54. The number of hydrogen-bond acceptors (Lipinski definition) is 2. The Bertz CT molecular complexity index is 108. The van der Waals surface area contributed by atoms with Gasteiger partial charge in [0.2, 0.25) is 0 Å². The zero-order valence-corrected chi connectivity index (χ0v) is 8.46. The van der Waals surface area contributed by atoms with Crippen molar-refractivity contribution in [3.63, 3.8) is 0 Å². The van der Waals surface area contributed by atoms with E-state index in [1.165, 1.54) is 0 Å². The maximum absolute atomic E-state index is 5.55. The maximum Gasteiger partial charge on any atom is 0.173 e. The van der Waals surface area contributed by atoms with Crippen molar-refractivity contribution in [2.75, 3.05) is 6.61 Å². The minimum atomic E-state index is -0.591. The molecule has 0 N–H and O–H groups in total. The highest BCUT2D eigenvalue weighted by atomic mass is 31.2. The summed E-state index contributed by atoms with van der Waals surface area (Å²) >= 11 is 0. The first kappa shape index (κ1) is 8.87. The first-order valence-corrected chi connectivity index (χ1v) is 5.46. The van der Waals surface area contributed by atoms with E-state index < -0.39 is 8.38 Å². The smallest absolute Gasteiger partial charge is 0.173 e. The molecule has 0 spiro atoms. The summed E-state index contributed by atoms with van der Waals surface area (Å²) in [7, 11) is 2.10. The van der Waals surface area contributed by atoms with E-state index in [4.69, 9.17) is 9.05 Å². The molecule has 0 radical (unpaired) electrons. The Kier molecular flexibility index (Phi) is 3.52. The molecule has 0 saturated carbocycles. The monoisotopic (exact) mass is 180 g/mol. The molecule has 1 saturated heterocycles. The van der Waals surface area contributed by atoms with Crippen LogP contribution in [-0.2, 0) is 9.05 Å². The molecule has 0 amide bonds. The van der Waals surface area contributed by atoms with Crippen LogP contribution in [0.1, 0.15) is 20.3 Å². The second-order valence-electron chi connectivity index (χ2n) is 2.64. The van der Waals surface area contributed by atoms with Gasteiger partial charge in [0.15, 0.2) is 8.38 Å². The molecule has 0 aromatic rings. The SMILES string of the molecule is CC(C)P1OCCC(P)O1. The zero-order valence-electron chi connectivity index (χ0n) is 6.41. The van der Waals surface area contributed by atoms with Crippen LogP contribution in [0.15, 0.2) is 0 Å². The molecule has 4 heteroatoms. The third-order valence-corrected chi connectivity index (χ3v) is 3.74. The van der Waals surface area contributed by atoms with Gasteiger partial charge in [-0.25, -0.2) is 0 Å². The van der Waals surface area contributed by atoms with Gasteiger partial charge in [0, 0.05) is 12.1 Å². The van der Waals surface area contributed by atoms with E-state index in [0.717, 1.165) is 13.0 Å². The van der Waals surface area contributed by atoms with Gasteiger partial charge in [-0.15, -0.1) is 9.24 Å². The Morgan fingerprint density at radius 1 is 1.60 bits per heavy atom. The van der Waals surface area contributed by atoms with Crippen LogP contribution in [0.3, 0.4) is 0 Å². The van der Waals surface area contributed by atoms with Crippen molar-refractivity contribution in [2.45, 2.75) is 31.8 Å². The molecule has 60 valence electrons. The predicted octanol–water partition coefficient (Wildman–Crippen LogP) is 2.34. The Labute approximate surface area is 65.8 Å². The summed E-state index contributed by atoms with van der Waals surface area (Å²) < 4.78 is 11.0. The van der Waals surface area contributed by atoms with Crippen LogP contribution in [0.5, 0.6) is 0 Å². The molecule has 0 aromatic heterocycles. The van der Waals surface area contributed by atoms with Gasteiger partial charge in [-0.1, -0.05) is 13.8 Å². The highest BCUT2D eigenvalue weighted by Gasteiger charge is 2.23.